The smallest absolute Gasteiger partial charge is 0.335 e. The minimum Gasteiger partial charge on any atom is -0.478 e. The van der Waals surface area contributed by atoms with Crippen LogP contribution in [0.3, 0.4) is 0 Å². The first-order chi connectivity index (χ1) is 11.0. The molecule has 2 aromatic rings. The summed E-state index contributed by atoms with van der Waals surface area (Å²) in [4.78, 5) is 23.0. The molecule has 23 heavy (non-hydrogen) atoms. The van der Waals surface area contributed by atoms with E-state index in [1.807, 2.05) is 6.07 Å². The summed E-state index contributed by atoms with van der Waals surface area (Å²) in [6.07, 6.45) is 1.97. The Balaban J connectivity index is 1.99. The summed E-state index contributed by atoms with van der Waals surface area (Å²) < 4.78 is 5.24. The summed E-state index contributed by atoms with van der Waals surface area (Å²) >= 11 is 0. The van der Waals surface area contributed by atoms with Crippen LogP contribution in [0.4, 0.5) is 0 Å². The fraction of sp³-hybridized carbons (Fsp3) is 0.353. The van der Waals surface area contributed by atoms with Crippen molar-refractivity contribution >= 4 is 11.9 Å². The monoisotopic (exact) mass is 316 g/mol. The van der Waals surface area contributed by atoms with Crippen molar-refractivity contribution < 1.29 is 19.2 Å². The average Bonchev–Trinajstić information content (AvgIpc) is 3.02. The van der Waals surface area contributed by atoms with Gasteiger partial charge in [-0.1, -0.05) is 25.1 Å². The SMILES string of the molecule is CCC(CC)c1cc(CNC(=O)c2cccc(C(=O)O)c2)on1. The Morgan fingerprint density at radius 2 is 1.91 bits per heavy atom. The second-order valence-corrected chi connectivity index (χ2v) is 5.30. The zero-order valence-corrected chi connectivity index (χ0v) is 13.2. The van der Waals surface area contributed by atoms with Gasteiger partial charge in [0.1, 0.15) is 0 Å². The number of nitrogens with one attached hydrogen (secondary N) is 1. The van der Waals surface area contributed by atoms with E-state index in [0.29, 0.717) is 17.2 Å². The maximum Gasteiger partial charge on any atom is 0.335 e. The molecule has 1 heterocycles. The van der Waals surface area contributed by atoms with Gasteiger partial charge in [-0.25, -0.2) is 4.79 Å². The topological polar surface area (TPSA) is 92.4 Å². The van der Waals surface area contributed by atoms with Crippen LogP contribution in [-0.2, 0) is 6.54 Å². The quantitative estimate of drug-likeness (QED) is 0.818. The van der Waals surface area contributed by atoms with E-state index < -0.39 is 5.97 Å². The van der Waals surface area contributed by atoms with E-state index in [4.69, 9.17) is 9.63 Å². The third-order valence-corrected chi connectivity index (χ3v) is 3.78. The first-order valence-electron chi connectivity index (χ1n) is 7.62. The number of hydrogen-bond acceptors (Lipinski definition) is 4. The van der Waals surface area contributed by atoms with Gasteiger partial charge in [-0.05, 0) is 31.0 Å². The van der Waals surface area contributed by atoms with E-state index in [2.05, 4.69) is 24.3 Å². The summed E-state index contributed by atoms with van der Waals surface area (Å²) in [6.45, 7) is 4.41. The number of carboxylic acids is 1. The molecule has 1 aromatic carbocycles. The molecule has 0 aliphatic carbocycles. The van der Waals surface area contributed by atoms with Crippen molar-refractivity contribution in [2.24, 2.45) is 0 Å². The maximum absolute atomic E-state index is 12.1. The summed E-state index contributed by atoms with van der Waals surface area (Å²) in [5.74, 6) is -0.483. The van der Waals surface area contributed by atoms with E-state index in [1.165, 1.54) is 18.2 Å². The highest BCUT2D eigenvalue weighted by Gasteiger charge is 2.14. The highest BCUT2D eigenvalue weighted by atomic mass is 16.5. The van der Waals surface area contributed by atoms with Crippen LogP contribution in [0.5, 0.6) is 0 Å². The Kier molecular flexibility index (Phi) is 5.51. The van der Waals surface area contributed by atoms with Gasteiger partial charge in [0.2, 0.25) is 0 Å². The standard InChI is InChI=1S/C17H20N2O4/c1-3-11(4-2)15-9-14(23-19-15)10-18-16(20)12-6-5-7-13(8-12)17(21)22/h5-9,11H,3-4,10H2,1-2H3,(H,18,20)(H,21,22). The van der Waals surface area contributed by atoms with Crippen LogP contribution in [-0.4, -0.2) is 22.1 Å². The Labute approximate surface area is 134 Å². The molecule has 0 aliphatic rings. The lowest BCUT2D eigenvalue weighted by Gasteiger charge is -2.06. The van der Waals surface area contributed by atoms with Gasteiger partial charge < -0.3 is 14.9 Å². The number of nitrogens with zero attached hydrogens (tertiary/aromatic N) is 1. The van der Waals surface area contributed by atoms with Crippen molar-refractivity contribution in [2.75, 3.05) is 0 Å². The predicted molar refractivity (Wildman–Crippen MR) is 84.4 cm³/mol. The Morgan fingerprint density at radius 3 is 2.57 bits per heavy atom. The molecule has 0 atom stereocenters. The van der Waals surface area contributed by atoms with Crippen molar-refractivity contribution in [3.05, 3.63) is 52.9 Å². The molecule has 6 heteroatoms. The number of benzene rings is 1. The number of aromatic nitrogens is 1. The summed E-state index contributed by atoms with van der Waals surface area (Å²) in [6, 6.07) is 7.74. The second kappa shape index (κ2) is 7.58. The molecule has 1 aromatic heterocycles. The second-order valence-electron chi connectivity index (χ2n) is 5.30. The lowest BCUT2D eigenvalue weighted by Crippen LogP contribution is -2.22. The molecule has 0 spiro atoms. The molecule has 1 amide bonds. The average molecular weight is 316 g/mol. The van der Waals surface area contributed by atoms with Crippen LogP contribution in [0.15, 0.2) is 34.9 Å². The fourth-order valence-corrected chi connectivity index (χ4v) is 2.37. The Bertz CT molecular complexity index is 689. The first kappa shape index (κ1) is 16.7. The Morgan fingerprint density at radius 1 is 1.22 bits per heavy atom. The van der Waals surface area contributed by atoms with Crippen LogP contribution in [0.25, 0.3) is 0 Å². The molecule has 6 nitrogen and oxygen atoms in total. The minimum absolute atomic E-state index is 0.0772. The van der Waals surface area contributed by atoms with Gasteiger partial charge in [-0.3, -0.25) is 4.79 Å². The molecule has 0 aliphatic heterocycles. The molecule has 0 saturated carbocycles. The van der Waals surface area contributed by atoms with Crippen molar-refractivity contribution in [3.8, 4) is 0 Å². The molecule has 0 bridgehead atoms. The first-order valence-corrected chi connectivity index (χ1v) is 7.62. The highest BCUT2D eigenvalue weighted by molar-refractivity contribution is 5.97. The van der Waals surface area contributed by atoms with Crippen molar-refractivity contribution in [3.63, 3.8) is 0 Å². The predicted octanol–water partition coefficient (Wildman–Crippen LogP) is 3.21. The van der Waals surface area contributed by atoms with Gasteiger partial charge in [-0.15, -0.1) is 0 Å². The Hall–Kier alpha value is -2.63. The molecule has 0 saturated heterocycles. The summed E-state index contributed by atoms with van der Waals surface area (Å²) in [7, 11) is 0. The van der Waals surface area contributed by atoms with Gasteiger partial charge in [0, 0.05) is 17.5 Å². The van der Waals surface area contributed by atoms with Crippen LogP contribution >= 0.6 is 0 Å². The molecule has 0 unspecified atom stereocenters. The normalized spacial score (nSPS) is 10.7. The van der Waals surface area contributed by atoms with Gasteiger partial charge in [0.05, 0.1) is 17.8 Å². The molecule has 2 N–H and O–H groups in total. The summed E-state index contributed by atoms with van der Waals surface area (Å²) in [5, 5.41) is 15.7. The van der Waals surface area contributed by atoms with E-state index in [9.17, 15) is 9.59 Å². The van der Waals surface area contributed by atoms with Gasteiger partial charge in [-0.2, -0.15) is 0 Å². The summed E-state index contributed by atoms with van der Waals surface area (Å²) in [5.41, 5.74) is 1.27. The van der Waals surface area contributed by atoms with E-state index in [-0.39, 0.29) is 18.0 Å². The number of amides is 1. The van der Waals surface area contributed by atoms with Gasteiger partial charge in [0.15, 0.2) is 5.76 Å². The van der Waals surface area contributed by atoms with E-state index in [1.54, 1.807) is 6.07 Å². The minimum atomic E-state index is -1.07. The van der Waals surface area contributed by atoms with Crippen molar-refractivity contribution in [1.29, 1.82) is 0 Å². The molecule has 2 rings (SSSR count). The van der Waals surface area contributed by atoms with Gasteiger partial charge >= 0.3 is 5.97 Å². The maximum atomic E-state index is 12.1. The van der Waals surface area contributed by atoms with Crippen LogP contribution < -0.4 is 5.32 Å². The van der Waals surface area contributed by atoms with Gasteiger partial charge in [0.25, 0.3) is 5.91 Å². The van der Waals surface area contributed by atoms with Crippen molar-refractivity contribution in [1.82, 2.24) is 10.5 Å². The number of hydrogen-bond donors (Lipinski definition) is 2. The third kappa shape index (κ3) is 4.18. The zero-order chi connectivity index (χ0) is 16.8. The largest absolute Gasteiger partial charge is 0.478 e. The number of carboxylic acid groups (broad SMARTS) is 1. The molecular formula is C17H20N2O4. The number of rotatable bonds is 7. The lowest BCUT2D eigenvalue weighted by molar-refractivity contribution is 0.0697. The molecule has 0 fully saturated rings. The number of carbonyl (C=O) groups excluding carboxylic acids is 1. The van der Waals surface area contributed by atoms with Crippen LogP contribution in [0.1, 0.15) is 64.8 Å². The van der Waals surface area contributed by atoms with E-state index >= 15 is 0 Å². The van der Waals surface area contributed by atoms with Crippen LogP contribution in [0, 0.1) is 0 Å². The fourth-order valence-electron chi connectivity index (χ4n) is 2.37. The molecule has 0 radical (unpaired) electrons. The zero-order valence-electron chi connectivity index (χ0n) is 13.2. The van der Waals surface area contributed by atoms with E-state index in [0.717, 1.165) is 18.5 Å². The molecule has 122 valence electrons. The third-order valence-electron chi connectivity index (χ3n) is 3.78. The number of aromatic carboxylic acids is 1. The highest BCUT2D eigenvalue weighted by Crippen LogP contribution is 2.22. The van der Waals surface area contributed by atoms with Crippen molar-refractivity contribution in [2.45, 2.75) is 39.2 Å². The number of carbonyl (C=O) groups is 2. The molecular weight excluding hydrogens is 296 g/mol. The lowest BCUT2D eigenvalue weighted by atomic mass is 9.99. The van der Waals surface area contributed by atoms with Crippen LogP contribution in [0.2, 0.25) is 0 Å².